The van der Waals surface area contributed by atoms with Gasteiger partial charge < -0.3 is 24.6 Å². The van der Waals surface area contributed by atoms with Gasteiger partial charge in [-0.3, -0.25) is 4.79 Å². The smallest absolute Gasteiger partial charge is 0.244 e. The molecule has 0 saturated carbocycles. The molecule has 6 heteroatoms. The van der Waals surface area contributed by atoms with Crippen molar-refractivity contribution in [2.24, 2.45) is 0 Å². The number of aliphatic hydroxyl groups excluding tert-OH is 1. The molecule has 142 valence electrons. The van der Waals surface area contributed by atoms with E-state index in [1.807, 2.05) is 49.4 Å². The molecule has 6 nitrogen and oxygen atoms in total. The van der Waals surface area contributed by atoms with Crippen molar-refractivity contribution in [3.8, 4) is 11.5 Å². The monoisotopic (exact) mass is 369 g/mol. The fourth-order valence-electron chi connectivity index (χ4n) is 2.69. The van der Waals surface area contributed by atoms with Crippen LogP contribution in [0.2, 0.25) is 0 Å². The summed E-state index contributed by atoms with van der Waals surface area (Å²) in [5, 5.41) is 11.9. The number of hydrogen-bond donors (Lipinski definition) is 2. The molecule has 0 spiro atoms. The third kappa shape index (κ3) is 5.32. The normalized spacial score (nSPS) is 13.7. The van der Waals surface area contributed by atoms with Gasteiger partial charge >= 0.3 is 0 Å². The Morgan fingerprint density at radius 1 is 1.22 bits per heavy atom. The maximum absolute atomic E-state index is 12.2. The number of benzene rings is 2. The molecular formula is C21H23NO5. The van der Waals surface area contributed by atoms with Crippen LogP contribution in [0.4, 0.5) is 0 Å². The number of rotatable bonds is 8. The number of carbonyl (C=O) groups excluding carboxylic acids is 1. The summed E-state index contributed by atoms with van der Waals surface area (Å²) < 4.78 is 16.3. The van der Waals surface area contributed by atoms with Crippen LogP contribution in [-0.2, 0) is 9.53 Å². The Labute approximate surface area is 158 Å². The summed E-state index contributed by atoms with van der Waals surface area (Å²) in [6, 6.07) is 13.4. The molecule has 1 amide bonds. The van der Waals surface area contributed by atoms with Gasteiger partial charge in [0.25, 0.3) is 0 Å². The van der Waals surface area contributed by atoms with E-state index in [0.29, 0.717) is 18.0 Å². The molecule has 2 aromatic rings. The van der Waals surface area contributed by atoms with Gasteiger partial charge in [0.1, 0.15) is 0 Å². The van der Waals surface area contributed by atoms with Gasteiger partial charge in [-0.05, 0) is 36.3 Å². The van der Waals surface area contributed by atoms with Gasteiger partial charge in [-0.25, -0.2) is 0 Å². The highest BCUT2D eigenvalue weighted by atomic mass is 16.7. The molecule has 0 bridgehead atoms. The topological polar surface area (TPSA) is 77.0 Å². The van der Waals surface area contributed by atoms with Crippen LogP contribution in [0.3, 0.4) is 0 Å². The number of nitrogens with one attached hydrogen (secondary N) is 1. The lowest BCUT2D eigenvalue weighted by Gasteiger charge is -2.18. The summed E-state index contributed by atoms with van der Waals surface area (Å²) in [7, 11) is 0. The van der Waals surface area contributed by atoms with Crippen molar-refractivity contribution in [2.75, 3.05) is 26.6 Å². The average molecular weight is 369 g/mol. The Morgan fingerprint density at radius 3 is 2.78 bits per heavy atom. The molecule has 27 heavy (non-hydrogen) atoms. The zero-order chi connectivity index (χ0) is 19.1. The van der Waals surface area contributed by atoms with E-state index in [2.05, 4.69) is 5.32 Å². The number of amides is 1. The van der Waals surface area contributed by atoms with Crippen LogP contribution in [0, 0.1) is 6.92 Å². The molecule has 1 aliphatic heterocycles. The Balaban J connectivity index is 1.57. The number of aliphatic hydroxyl groups is 1. The number of carbonyl (C=O) groups is 1. The molecule has 0 fully saturated rings. The molecule has 2 N–H and O–H groups in total. The van der Waals surface area contributed by atoms with Gasteiger partial charge in [-0.15, -0.1) is 0 Å². The molecule has 0 aromatic heterocycles. The molecule has 3 rings (SSSR count). The van der Waals surface area contributed by atoms with Crippen LogP contribution < -0.4 is 14.8 Å². The Bertz CT molecular complexity index is 801. The van der Waals surface area contributed by atoms with Crippen molar-refractivity contribution in [3.05, 3.63) is 65.2 Å². The Kier molecular flexibility index (Phi) is 6.46. The molecule has 0 saturated heterocycles. The van der Waals surface area contributed by atoms with E-state index in [4.69, 9.17) is 19.3 Å². The zero-order valence-electron chi connectivity index (χ0n) is 15.2. The number of fused-ring (bicyclic) bond motifs is 1. The third-order valence-electron chi connectivity index (χ3n) is 4.14. The van der Waals surface area contributed by atoms with E-state index in [-0.39, 0.29) is 32.0 Å². The van der Waals surface area contributed by atoms with Gasteiger partial charge in [0.15, 0.2) is 11.5 Å². The minimum absolute atomic E-state index is 0.0691. The minimum Gasteiger partial charge on any atom is -0.454 e. The first-order valence-electron chi connectivity index (χ1n) is 8.80. The van der Waals surface area contributed by atoms with Crippen molar-refractivity contribution < 1.29 is 24.1 Å². The second-order valence-electron chi connectivity index (χ2n) is 6.18. The second kappa shape index (κ2) is 9.21. The molecule has 1 atom stereocenters. The summed E-state index contributed by atoms with van der Waals surface area (Å²) in [4.78, 5) is 12.2. The molecule has 0 radical (unpaired) electrons. The van der Waals surface area contributed by atoms with Crippen LogP contribution in [0.1, 0.15) is 22.8 Å². The Morgan fingerprint density at radius 2 is 2.00 bits per heavy atom. The summed E-state index contributed by atoms with van der Waals surface area (Å²) in [6.07, 6.45) is 2.86. The molecule has 2 aromatic carbocycles. The predicted molar refractivity (Wildman–Crippen MR) is 102 cm³/mol. The van der Waals surface area contributed by atoms with E-state index in [0.717, 1.165) is 16.7 Å². The lowest BCUT2D eigenvalue weighted by atomic mass is 10.1. The quantitative estimate of drug-likeness (QED) is 0.700. The van der Waals surface area contributed by atoms with Gasteiger partial charge in [-0.2, -0.15) is 0 Å². The van der Waals surface area contributed by atoms with Gasteiger partial charge in [0.2, 0.25) is 12.7 Å². The largest absolute Gasteiger partial charge is 0.454 e. The van der Waals surface area contributed by atoms with Gasteiger partial charge in [-0.1, -0.05) is 35.9 Å². The van der Waals surface area contributed by atoms with Crippen LogP contribution >= 0.6 is 0 Å². The average Bonchev–Trinajstić information content (AvgIpc) is 3.15. The number of hydrogen-bond acceptors (Lipinski definition) is 5. The first-order valence-corrected chi connectivity index (χ1v) is 8.80. The van der Waals surface area contributed by atoms with Crippen LogP contribution in [0.25, 0.3) is 6.08 Å². The van der Waals surface area contributed by atoms with E-state index < -0.39 is 0 Å². The minimum atomic E-state index is -0.319. The lowest BCUT2D eigenvalue weighted by molar-refractivity contribution is -0.117. The summed E-state index contributed by atoms with van der Waals surface area (Å²) in [5.41, 5.74) is 2.95. The van der Waals surface area contributed by atoms with Crippen molar-refractivity contribution in [1.82, 2.24) is 5.32 Å². The van der Waals surface area contributed by atoms with Crippen molar-refractivity contribution in [2.45, 2.75) is 13.0 Å². The highest BCUT2D eigenvalue weighted by Gasteiger charge is 2.14. The van der Waals surface area contributed by atoms with E-state index in [1.54, 1.807) is 6.08 Å². The zero-order valence-corrected chi connectivity index (χ0v) is 15.2. The van der Waals surface area contributed by atoms with Gasteiger partial charge in [0.05, 0.1) is 19.3 Å². The maximum atomic E-state index is 12.2. The third-order valence-corrected chi connectivity index (χ3v) is 4.14. The van der Waals surface area contributed by atoms with Crippen molar-refractivity contribution in [3.63, 3.8) is 0 Å². The highest BCUT2D eigenvalue weighted by Crippen LogP contribution is 2.32. The fourth-order valence-corrected chi connectivity index (χ4v) is 2.69. The van der Waals surface area contributed by atoms with Crippen molar-refractivity contribution >= 4 is 12.0 Å². The molecular weight excluding hydrogens is 346 g/mol. The first-order chi connectivity index (χ1) is 13.2. The maximum Gasteiger partial charge on any atom is 0.244 e. The standard InChI is InChI=1S/C21H23NO5/c1-15-2-6-17(7-3-15)20(25-11-10-23)13-22-21(24)9-5-16-4-8-18-19(12-16)27-14-26-18/h2-9,12,20,23H,10-11,13-14H2,1H3,(H,22,24). The van der Waals surface area contributed by atoms with E-state index in [1.165, 1.54) is 6.08 Å². The van der Waals surface area contributed by atoms with E-state index >= 15 is 0 Å². The molecule has 0 aliphatic carbocycles. The van der Waals surface area contributed by atoms with Crippen LogP contribution in [0.15, 0.2) is 48.5 Å². The highest BCUT2D eigenvalue weighted by molar-refractivity contribution is 5.91. The number of ether oxygens (including phenoxy) is 3. The van der Waals surface area contributed by atoms with Gasteiger partial charge in [0, 0.05) is 12.6 Å². The Hall–Kier alpha value is -2.83. The van der Waals surface area contributed by atoms with Crippen LogP contribution in [0.5, 0.6) is 11.5 Å². The summed E-state index contributed by atoms with van der Waals surface area (Å²) >= 11 is 0. The predicted octanol–water partition coefficient (Wildman–Crippen LogP) is 2.60. The first kappa shape index (κ1) is 18.9. The second-order valence-corrected chi connectivity index (χ2v) is 6.18. The van der Waals surface area contributed by atoms with E-state index in [9.17, 15) is 4.79 Å². The van der Waals surface area contributed by atoms with Crippen LogP contribution in [-0.4, -0.2) is 37.6 Å². The summed E-state index contributed by atoms with van der Waals surface area (Å²) in [5.74, 6) is 1.16. The molecule has 1 unspecified atom stereocenters. The molecule has 1 heterocycles. The van der Waals surface area contributed by atoms with Crippen molar-refractivity contribution in [1.29, 1.82) is 0 Å². The molecule has 1 aliphatic rings. The SMILES string of the molecule is Cc1ccc(C(CNC(=O)C=Cc2ccc3c(c2)OCO3)OCCO)cc1. The lowest BCUT2D eigenvalue weighted by Crippen LogP contribution is -2.28. The fraction of sp³-hybridized carbons (Fsp3) is 0.286. The number of aryl methyl sites for hydroxylation is 1. The summed E-state index contributed by atoms with van der Waals surface area (Å²) in [6.45, 7) is 2.68.